The van der Waals surface area contributed by atoms with Gasteiger partial charge in [-0.1, -0.05) is 0 Å². The number of nitrogens with zero attached hydrogens (tertiary/aromatic N) is 2. The van der Waals surface area contributed by atoms with Gasteiger partial charge in [0.05, 0.1) is 12.2 Å². The minimum absolute atomic E-state index is 0.214. The molecule has 0 saturated carbocycles. The molecule has 0 saturated heterocycles. The summed E-state index contributed by atoms with van der Waals surface area (Å²) in [4.78, 5) is 27.6. The average molecular weight is 294 g/mol. The van der Waals surface area contributed by atoms with Crippen LogP contribution >= 0.6 is 11.3 Å². The number of nitrogens with one attached hydrogen (secondary N) is 2. The third-order valence-corrected chi connectivity index (χ3v) is 3.92. The highest BCUT2D eigenvalue weighted by molar-refractivity contribution is 7.13. The molecule has 0 aliphatic rings. The van der Waals surface area contributed by atoms with Gasteiger partial charge in [-0.2, -0.15) is 0 Å². The number of aromatic nitrogens is 2. The molecule has 0 bridgehead atoms. The topological polar surface area (TPSA) is 96.2 Å². The minimum Gasteiger partial charge on any atom is -0.347 e. The molecule has 0 aromatic carbocycles. The maximum absolute atomic E-state index is 12.0. The van der Waals surface area contributed by atoms with Crippen LogP contribution in [-0.2, 0) is 7.05 Å². The predicted octanol–water partition coefficient (Wildman–Crippen LogP) is 1.09. The first-order valence-corrected chi connectivity index (χ1v) is 6.67. The van der Waals surface area contributed by atoms with Gasteiger partial charge in [-0.25, -0.2) is 10.5 Å². The number of hydrogen-bond acceptors (Lipinski definition) is 5. The Morgan fingerprint density at radius 3 is 2.80 bits per heavy atom. The smallest absolute Gasteiger partial charge is 0.286 e. The Labute approximate surface area is 119 Å². The van der Waals surface area contributed by atoms with Crippen molar-refractivity contribution in [1.29, 1.82) is 0 Å². The van der Waals surface area contributed by atoms with Gasteiger partial charge >= 0.3 is 0 Å². The fourth-order valence-electron chi connectivity index (χ4n) is 1.68. The third kappa shape index (κ3) is 2.86. The average Bonchev–Trinajstić information content (AvgIpc) is 3.06. The van der Waals surface area contributed by atoms with E-state index in [-0.39, 0.29) is 16.8 Å². The quantitative estimate of drug-likeness (QED) is 0.581. The molecule has 0 aliphatic heterocycles. The van der Waals surface area contributed by atoms with Crippen molar-refractivity contribution in [3.05, 3.63) is 40.1 Å². The molecule has 1 atom stereocenters. The molecular formula is C12H14N4O3S. The van der Waals surface area contributed by atoms with Crippen LogP contribution in [0, 0.1) is 0 Å². The second kappa shape index (κ2) is 5.85. The van der Waals surface area contributed by atoms with Gasteiger partial charge in [0.1, 0.15) is 15.6 Å². The lowest BCUT2D eigenvalue weighted by atomic mass is 10.3. The van der Waals surface area contributed by atoms with Gasteiger partial charge in [-0.15, -0.1) is 11.3 Å². The Balaban J connectivity index is 2.07. The molecule has 3 N–H and O–H groups in total. The Bertz CT molecular complexity index is 634. The summed E-state index contributed by atoms with van der Waals surface area (Å²) in [5, 5.41) is 11.9. The van der Waals surface area contributed by atoms with Crippen LogP contribution in [0.25, 0.3) is 0 Å². The molecule has 8 heteroatoms. The standard InChI is InChI=1S/C12H14N4O3S/c1-7(12-13-6-9(20-12)11(18)15-19)14-10(17)8-4-3-5-16(8)2/h3-7,19H,1-2H3,(H,14,17)(H,15,18). The van der Waals surface area contributed by atoms with Crippen LogP contribution in [0.15, 0.2) is 24.5 Å². The Kier molecular flexibility index (Phi) is 4.16. The highest BCUT2D eigenvalue weighted by atomic mass is 32.1. The number of carbonyl (C=O) groups is 2. The molecule has 0 aliphatic carbocycles. The summed E-state index contributed by atoms with van der Waals surface area (Å²) >= 11 is 1.11. The summed E-state index contributed by atoms with van der Waals surface area (Å²) < 4.78 is 1.72. The lowest BCUT2D eigenvalue weighted by Crippen LogP contribution is -2.28. The van der Waals surface area contributed by atoms with Crippen molar-refractivity contribution >= 4 is 23.2 Å². The van der Waals surface area contributed by atoms with Crippen LogP contribution < -0.4 is 10.8 Å². The van der Waals surface area contributed by atoms with E-state index in [4.69, 9.17) is 5.21 Å². The van der Waals surface area contributed by atoms with Crippen LogP contribution in [0.5, 0.6) is 0 Å². The van der Waals surface area contributed by atoms with Gasteiger partial charge in [-0.3, -0.25) is 14.8 Å². The largest absolute Gasteiger partial charge is 0.347 e. The number of hydrogen-bond donors (Lipinski definition) is 3. The van der Waals surface area contributed by atoms with Gasteiger partial charge in [-0.05, 0) is 19.1 Å². The molecule has 106 valence electrons. The van der Waals surface area contributed by atoms with E-state index in [1.54, 1.807) is 42.3 Å². The van der Waals surface area contributed by atoms with Gasteiger partial charge in [0, 0.05) is 13.2 Å². The molecule has 0 spiro atoms. The highest BCUT2D eigenvalue weighted by Crippen LogP contribution is 2.20. The fraction of sp³-hybridized carbons (Fsp3) is 0.250. The normalized spacial score (nSPS) is 11.9. The molecule has 0 radical (unpaired) electrons. The van der Waals surface area contributed by atoms with E-state index < -0.39 is 5.91 Å². The van der Waals surface area contributed by atoms with Gasteiger partial charge in [0.2, 0.25) is 0 Å². The van der Waals surface area contributed by atoms with Crippen LogP contribution in [0.4, 0.5) is 0 Å². The van der Waals surface area contributed by atoms with Crippen LogP contribution in [0.2, 0.25) is 0 Å². The Morgan fingerprint density at radius 2 is 2.20 bits per heavy atom. The summed E-state index contributed by atoms with van der Waals surface area (Å²) in [6.45, 7) is 1.78. The number of thiazole rings is 1. The lowest BCUT2D eigenvalue weighted by Gasteiger charge is -2.11. The summed E-state index contributed by atoms with van der Waals surface area (Å²) in [5.74, 6) is -0.830. The first-order valence-electron chi connectivity index (χ1n) is 5.85. The van der Waals surface area contributed by atoms with Crippen molar-refractivity contribution in [1.82, 2.24) is 20.3 Å². The number of aryl methyl sites for hydroxylation is 1. The van der Waals surface area contributed by atoms with E-state index in [9.17, 15) is 9.59 Å². The SMILES string of the molecule is CC(NC(=O)c1cccn1C)c1ncc(C(=O)NO)s1. The molecule has 2 aromatic rings. The molecular weight excluding hydrogens is 280 g/mol. The van der Waals surface area contributed by atoms with Crippen molar-refractivity contribution < 1.29 is 14.8 Å². The molecule has 2 heterocycles. The predicted molar refractivity (Wildman–Crippen MR) is 72.7 cm³/mol. The van der Waals surface area contributed by atoms with Crippen molar-refractivity contribution in [2.24, 2.45) is 7.05 Å². The van der Waals surface area contributed by atoms with Gasteiger partial charge < -0.3 is 9.88 Å². The number of hydroxylamine groups is 1. The van der Waals surface area contributed by atoms with E-state index >= 15 is 0 Å². The molecule has 2 amide bonds. The van der Waals surface area contributed by atoms with Crippen molar-refractivity contribution in [3.63, 3.8) is 0 Å². The van der Waals surface area contributed by atoms with E-state index in [2.05, 4.69) is 10.3 Å². The lowest BCUT2D eigenvalue weighted by molar-refractivity contribution is 0.0710. The van der Waals surface area contributed by atoms with Crippen molar-refractivity contribution in [3.8, 4) is 0 Å². The first-order chi connectivity index (χ1) is 9.52. The third-order valence-electron chi connectivity index (χ3n) is 2.74. The maximum Gasteiger partial charge on any atom is 0.286 e. The highest BCUT2D eigenvalue weighted by Gasteiger charge is 2.17. The molecule has 0 fully saturated rings. The summed E-state index contributed by atoms with van der Waals surface area (Å²) in [6, 6.07) is 3.17. The molecule has 1 unspecified atom stereocenters. The Hall–Kier alpha value is -2.19. The van der Waals surface area contributed by atoms with Crippen LogP contribution in [0.3, 0.4) is 0 Å². The van der Waals surface area contributed by atoms with E-state index in [0.29, 0.717) is 10.7 Å². The van der Waals surface area contributed by atoms with Crippen LogP contribution in [-0.4, -0.2) is 26.6 Å². The summed E-state index contributed by atoms with van der Waals surface area (Å²) in [6.07, 6.45) is 3.14. The zero-order valence-corrected chi connectivity index (χ0v) is 11.8. The van der Waals surface area contributed by atoms with Gasteiger partial charge in [0.25, 0.3) is 11.8 Å². The zero-order chi connectivity index (χ0) is 14.7. The van der Waals surface area contributed by atoms with E-state index in [0.717, 1.165) is 11.3 Å². The number of rotatable bonds is 4. The summed E-state index contributed by atoms with van der Waals surface area (Å²) in [5.41, 5.74) is 2.09. The minimum atomic E-state index is -0.616. The molecule has 20 heavy (non-hydrogen) atoms. The maximum atomic E-state index is 12.0. The molecule has 2 aromatic heterocycles. The van der Waals surface area contributed by atoms with Gasteiger partial charge in [0.15, 0.2) is 0 Å². The van der Waals surface area contributed by atoms with Crippen molar-refractivity contribution in [2.45, 2.75) is 13.0 Å². The van der Waals surface area contributed by atoms with Crippen molar-refractivity contribution in [2.75, 3.05) is 0 Å². The number of carbonyl (C=O) groups excluding carboxylic acids is 2. The second-order valence-corrected chi connectivity index (χ2v) is 5.27. The summed E-state index contributed by atoms with van der Waals surface area (Å²) in [7, 11) is 1.78. The second-order valence-electron chi connectivity index (χ2n) is 4.20. The van der Waals surface area contributed by atoms with E-state index in [1.165, 1.54) is 6.20 Å². The molecule has 2 rings (SSSR count). The van der Waals surface area contributed by atoms with E-state index in [1.807, 2.05) is 0 Å². The van der Waals surface area contributed by atoms with Crippen LogP contribution in [0.1, 0.15) is 38.1 Å². The first kappa shape index (κ1) is 14.2. The Morgan fingerprint density at radius 1 is 1.45 bits per heavy atom. The monoisotopic (exact) mass is 294 g/mol. The zero-order valence-electron chi connectivity index (χ0n) is 11.0. The number of amides is 2. The fourth-order valence-corrected chi connectivity index (χ4v) is 2.49. The molecule has 7 nitrogen and oxygen atoms in total.